The van der Waals surface area contributed by atoms with Crippen molar-refractivity contribution in [3.8, 4) is 0 Å². The second-order valence-electron chi connectivity index (χ2n) is 9.08. The summed E-state index contributed by atoms with van der Waals surface area (Å²) in [7, 11) is 3.53. The van der Waals surface area contributed by atoms with Gasteiger partial charge < -0.3 is 15.4 Å². The van der Waals surface area contributed by atoms with Crippen LogP contribution in [0, 0.1) is 6.92 Å². The van der Waals surface area contributed by atoms with E-state index in [9.17, 15) is 0 Å². The minimum absolute atomic E-state index is 0.183. The fraction of sp³-hybridized carbons (Fsp3) is 0.625. The van der Waals surface area contributed by atoms with E-state index < -0.39 is 0 Å². The minimum atomic E-state index is 0.183. The van der Waals surface area contributed by atoms with Gasteiger partial charge in [0, 0.05) is 38.6 Å². The van der Waals surface area contributed by atoms with Crippen LogP contribution >= 0.6 is 0 Å². The number of nitrogens with one attached hydrogen (secondary N) is 2. The summed E-state index contributed by atoms with van der Waals surface area (Å²) in [4.78, 5) is 9.10. The molecule has 0 radical (unpaired) electrons. The summed E-state index contributed by atoms with van der Waals surface area (Å²) in [5, 5.41) is 11.9. The molecule has 2 N–H and O–H groups in total. The second kappa shape index (κ2) is 9.81. The molecule has 1 aliphatic carbocycles. The lowest BCUT2D eigenvalue weighted by Gasteiger charge is -2.39. The molecule has 1 aromatic carbocycles. The van der Waals surface area contributed by atoms with Crippen LogP contribution in [0.4, 0.5) is 0 Å². The Labute approximate surface area is 185 Å². The van der Waals surface area contributed by atoms with Gasteiger partial charge in [-0.1, -0.05) is 49.1 Å². The van der Waals surface area contributed by atoms with Crippen LogP contribution in [-0.4, -0.2) is 47.5 Å². The van der Waals surface area contributed by atoms with Crippen LogP contribution in [0.1, 0.15) is 61.3 Å². The zero-order chi connectivity index (χ0) is 21.7. The molecule has 2 aliphatic rings. The Morgan fingerprint density at radius 1 is 1.29 bits per heavy atom. The van der Waals surface area contributed by atoms with Crippen molar-refractivity contribution >= 4 is 5.96 Å². The van der Waals surface area contributed by atoms with E-state index in [1.165, 1.54) is 43.2 Å². The molecule has 2 heterocycles. The summed E-state index contributed by atoms with van der Waals surface area (Å²) in [6.07, 6.45) is 8.33. The van der Waals surface area contributed by atoms with Crippen LogP contribution in [0.3, 0.4) is 0 Å². The summed E-state index contributed by atoms with van der Waals surface area (Å²) in [5.74, 6) is 2.69. The average molecular weight is 425 g/mol. The maximum atomic E-state index is 5.17. The first-order chi connectivity index (χ1) is 15.1. The van der Waals surface area contributed by atoms with E-state index in [-0.39, 0.29) is 11.5 Å². The van der Waals surface area contributed by atoms with Crippen LogP contribution in [0.15, 0.2) is 29.3 Å². The molecule has 0 bridgehead atoms. The number of benzene rings is 1. The zero-order valence-corrected chi connectivity index (χ0v) is 19.2. The molecule has 0 spiro atoms. The highest BCUT2D eigenvalue weighted by Crippen LogP contribution is 2.39. The number of hydrogen-bond donors (Lipinski definition) is 2. The summed E-state index contributed by atoms with van der Waals surface area (Å²) in [6, 6.07) is 9.35. The van der Waals surface area contributed by atoms with Gasteiger partial charge in [-0.3, -0.25) is 4.99 Å². The summed E-state index contributed by atoms with van der Waals surface area (Å²) in [6.45, 7) is 4.36. The summed E-state index contributed by atoms with van der Waals surface area (Å²) in [5.41, 5.74) is 2.98. The molecular formula is C24H36N6O. The van der Waals surface area contributed by atoms with Gasteiger partial charge in [0.05, 0.1) is 6.54 Å². The SMILES string of the molecule is CN=C(NCC1(c2cccc(C)c2)CCCCC1)NC1CCc2nc(COC)nn2C1. The van der Waals surface area contributed by atoms with Crippen molar-refractivity contribution in [3.63, 3.8) is 0 Å². The number of nitrogens with zero attached hydrogens (tertiary/aromatic N) is 4. The molecule has 7 nitrogen and oxygen atoms in total. The van der Waals surface area contributed by atoms with E-state index in [0.29, 0.717) is 6.61 Å². The topological polar surface area (TPSA) is 76.4 Å². The molecule has 1 fully saturated rings. The third-order valence-corrected chi connectivity index (χ3v) is 6.78. The zero-order valence-electron chi connectivity index (χ0n) is 19.2. The van der Waals surface area contributed by atoms with Gasteiger partial charge in [-0.2, -0.15) is 5.10 Å². The van der Waals surface area contributed by atoms with Crippen molar-refractivity contribution in [1.29, 1.82) is 0 Å². The van der Waals surface area contributed by atoms with Gasteiger partial charge in [0.15, 0.2) is 11.8 Å². The first-order valence-corrected chi connectivity index (χ1v) is 11.6. The average Bonchev–Trinajstić information content (AvgIpc) is 3.19. The molecule has 0 saturated heterocycles. The Bertz CT molecular complexity index is 899. The van der Waals surface area contributed by atoms with Crippen molar-refractivity contribution < 1.29 is 4.74 Å². The third-order valence-electron chi connectivity index (χ3n) is 6.78. The summed E-state index contributed by atoms with van der Waals surface area (Å²) >= 11 is 0. The standard InChI is InChI=1S/C24H36N6O/c1-18-8-7-9-19(14-18)24(12-5-4-6-13-24)17-26-23(25-2)27-20-10-11-22-28-21(16-31-3)29-30(22)15-20/h7-9,14,20H,4-6,10-13,15-17H2,1-3H3,(H2,25,26,27). The van der Waals surface area contributed by atoms with Crippen molar-refractivity contribution in [1.82, 2.24) is 25.4 Å². The van der Waals surface area contributed by atoms with Gasteiger partial charge in [0.1, 0.15) is 12.4 Å². The van der Waals surface area contributed by atoms with Crippen molar-refractivity contribution in [3.05, 3.63) is 47.0 Å². The van der Waals surface area contributed by atoms with Gasteiger partial charge in [-0.05, 0) is 31.7 Å². The maximum Gasteiger partial charge on any atom is 0.191 e. The first kappa shape index (κ1) is 21.8. The van der Waals surface area contributed by atoms with E-state index in [1.54, 1.807) is 7.11 Å². The molecule has 1 unspecified atom stereocenters. The van der Waals surface area contributed by atoms with Crippen LogP contribution < -0.4 is 10.6 Å². The maximum absolute atomic E-state index is 5.17. The van der Waals surface area contributed by atoms with Crippen LogP contribution in [0.5, 0.6) is 0 Å². The third kappa shape index (κ3) is 5.09. The Balaban J connectivity index is 1.40. The van der Waals surface area contributed by atoms with Crippen molar-refractivity contribution in [2.75, 3.05) is 20.7 Å². The van der Waals surface area contributed by atoms with E-state index in [0.717, 1.165) is 43.5 Å². The quantitative estimate of drug-likeness (QED) is 0.550. The fourth-order valence-corrected chi connectivity index (χ4v) is 5.08. The number of methoxy groups -OCH3 is 1. The number of aryl methyl sites for hydroxylation is 2. The Morgan fingerprint density at radius 2 is 2.13 bits per heavy atom. The normalized spacial score (nSPS) is 20.9. The number of aromatic nitrogens is 3. The smallest absolute Gasteiger partial charge is 0.191 e. The summed E-state index contributed by atoms with van der Waals surface area (Å²) < 4.78 is 7.19. The number of ether oxygens (including phenoxy) is 1. The van der Waals surface area contributed by atoms with E-state index in [2.05, 4.69) is 56.9 Å². The highest BCUT2D eigenvalue weighted by atomic mass is 16.5. The number of fused-ring (bicyclic) bond motifs is 1. The van der Waals surface area contributed by atoms with Crippen molar-refractivity contribution in [2.45, 2.75) is 76.5 Å². The number of guanidine groups is 1. The predicted octanol–water partition coefficient (Wildman–Crippen LogP) is 3.11. The molecule has 1 saturated carbocycles. The van der Waals surface area contributed by atoms with Crippen LogP contribution in [-0.2, 0) is 29.7 Å². The highest BCUT2D eigenvalue weighted by molar-refractivity contribution is 5.80. The van der Waals surface area contributed by atoms with Gasteiger partial charge in [-0.15, -0.1) is 0 Å². The molecule has 168 valence electrons. The molecule has 4 rings (SSSR count). The van der Waals surface area contributed by atoms with Gasteiger partial charge in [-0.25, -0.2) is 9.67 Å². The fourth-order valence-electron chi connectivity index (χ4n) is 5.08. The van der Waals surface area contributed by atoms with E-state index in [4.69, 9.17) is 4.74 Å². The van der Waals surface area contributed by atoms with E-state index in [1.807, 2.05) is 11.7 Å². The van der Waals surface area contributed by atoms with Gasteiger partial charge in [0.2, 0.25) is 0 Å². The lowest BCUT2D eigenvalue weighted by atomic mass is 9.69. The Kier molecular flexibility index (Phi) is 6.90. The van der Waals surface area contributed by atoms with Gasteiger partial charge >= 0.3 is 0 Å². The largest absolute Gasteiger partial charge is 0.377 e. The second-order valence-corrected chi connectivity index (χ2v) is 9.08. The molecule has 1 aromatic heterocycles. The molecule has 31 heavy (non-hydrogen) atoms. The molecule has 1 aliphatic heterocycles. The van der Waals surface area contributed by atoms with Crippen LogP contribution in [0.2, 0.25) is 0 Å². The first-order valence-electron chi connectivity index (χ1n) is 11.6. The Hall–Kier alpha value is -2.41. The monoisotopic (exact) mass is 424 g/mol. The lowest BCUT2D eigenvalue weighted by Crippen LogP contribution is -2.51. The molecule has 0 amide bonds. The van der Waals surface area contributed by atoms with Crippen LogP contribution in [0.25, 0.3) is 0 Å². The number of rotatable bonds is 6. The van der Waals surface area contributed by atoms with Gasteiger partial charge in [0.25, 0.3) is 0 Å². The molecule has 7 heteroatoms. The number of aliphatic imine (C=N–C) groups is 1. The number of hydrogen-bond acceptors (Lipinski definition) is 4. The van der Waals surface area contributed by atoms with E-state index >= 15 is 0 Å². The van der Waals surface area contributed by atoms with Crippen molar-refractivity contribution in [2.24, 2.45) is 4.99 Å². The molecule has 2 aromatic rings. The minimum Gasteiger partial charge on any atom is -0.377 e. The molecular weight excluding hydrogens is 388 g/mol. The predicted molar refractivity (Wildman–Crippen MR) is 123 cm³/mol. The molecule has 1 atom stereocenters. The lowest BCUT2D eigenvalue weighted by molar-refractivity contribution is 0.177. The Morgan fingerprint density at radius 3 is 2.87 bits per heavy atom. The highest BCUT2D eigenvalue weighted by Gasteiger charge is 2.34.